The van der Waals surface area contributed by atoms with Gasteiger partial charge < -0.3 is 5.73 Å². The predicted molar refractivity (Wildman–Crippen MR) is 78.7 cm³/mol. The fourth-order valence-electron chi connectivity index (χ4n) is 5.10. The van der Waals surface area contributed by atoms with Gasteiger partial charge in [0, 0.05) is 5.56 Å². The van der Waals surface area contributed by atoms with Crippen LogP contribution in [0.1, 0.15) is 48.0 Å². The number of carbonyl (C=O) groups excluding carboxylic acids is 2. The van der Waals surface area contributed by atoms with E-state index >= 15 is 0 Å². The molecule has 1 saturated heterocycles. The van der Waals surface area contributed by atoms with Crippen molar-refractivity contribution in [2.75, 3.05) is 13.1 Å². The second kappa shape index (κ2) is 4.17. The van der Waals surface area contributed by atoms with E-state index in [0.29, 0.717) is 12.0 Å². The Kier molecular flexibility index (Phi) is 2.58. The highest BCUT2D eigenvalue weighted by atomic mass is 16.2. The second-order valence-electron chi connectivity index (χ2n) is 6.55. The topological polar surface area (TPSA) is 63.4 Å². The lowest BCUT2D eigenvalue weighted by Crippen LogP contribution is -2.58. The van der Waals surface area contributed by atoms with Crippen LogP contribution in [-0.4, -0.2) is 29.7 Å². The van der Waals surface area contributed by atoms with Crippen LogP contribution in [0.15, 0.2) is 24.3 Å². The maximum absolute atomic E-state index is 13.1. The van der Waals surface area contributed by atoms with E-state index in [-0.39, 0.29) is 5.78 Å². The predicted octanol–water partition coefficient (Wildman–Crippen LogP) is 1.83. The largest absolute Gasteiger partial charge is 0.369 e. The molecule has 0 spiro atoms. The minimum Gasteiger partial charge on any atom is -0.369 e. The molecular formula is C17H20N2O2. The molecule has 0 radical (unpaired) electrons. The number of primary amides is 1. The third-order valence-electron chi connectivity index (χ3n) is 5.87. The van der Waals surface area contributed by atoms with Crippen LogP contribution >= 0.6 is 0 Å². The van der Waals surface area contributed by atoms with Crippen molar-refractivity contribution in [2.24, 2.45) is 11.1 Å². The van der Waals surface area contributed by atoms with Crippen LogP contribution < -0.4 is 5.73 Å². The first kappa shape index (κ1) is 13.0. The lowest BCUT2D eigenvalue weighted by atomic mass is 9.70. The Balaban J connectivity index is 2.02. The Hall–Kier alpha value is -1.68. The number of rotatable bonds is 2. The van der Waals surface area contributed by atoms with Gasteiger partial charge in [-0.1, -0.05) is 24.3 Å². The van der Waals surface area contributed by atoms with Gasteiger partial charge in [-0.2, -0.15) is 0 Å². The first-order valence-corrected chi connectivity index (χ1v) is 7.84. The van der Waals surface area contributed by atoms with Crippen LogP contribution in [0.5, 0.6) is 0 Å². The molecule has 2 aliphatic carbocycles. The fraction of sp³-hybridized carbons (Fsp3) is 0.529. The van der Waals surface area contributed by atoms with Crippen LogP contribution in [-0.2, 0) is 10.3 Å². The molecule has 4 heteroatoms. The Morgan fingerprint density at radius 2 is 1.81 bits per heavy atom. The Labute approximate surface area is 124 Å². The van der Waals surface area contributed by atoms with Gasteiger partial charge in [0.25, 0.3) is 0 Å². The molecule has 3 aliphatic rings. The number of nitrogens with two attached hydrogens (primary N) is 1. The third-order valence-corrected chi connectivity index (χ3v) is 5.87. The number of hydrogen-bond acceptors (Lipinski definition) is 3. The lowest BCUT2D eigenvalue weighted by molar-refractivity contribution is -0.131. The molecule has 2 atom stereocenters. The van der Waals surface area contributed by atoms with Crippen molar-refractivity contribution < 1.29 is 9.59 Å². The van der Waals surface area contributed by atoms with Crippen LogP contribution in [0.2, 0.25) is 0 Å². The van der Waals surface area contributed by atoms with E-state index < -0.39 is 16.9 Å². The summed E-state index contributed by atoms with van der Waals surface area (Å²) in [7, 11) is 0. The maximum Gasteiger partial charge on any atom is 0.233 e. The number of carbonyl (C=O) groups is 2. The summed E-state index contributed by atoms with van der Waals surface area (Å²) < 4.78 is 0. The van der Waals surface area contributed by atoms with Crippen molar-refractivity contribution in [1.82, 2.24) is 4.90 Å². The number of likely N-dealkylation sites (tertiary alicyclic amines) is 1. The summed E-state index contributed by atoms with van der Waals surface area (Å²) in [5.74, 6) is -0.483. The maximum atomic E-state index is 13.1. The molecular weight excluding hydrogens is 264 g/mol. The molecule has 1 aromatic rings. The smallest absolute Gasteiger partial charge is 0.233 e. The van der Waals surface area contributed by atoms with Gasteiger partial charge in [0.1, 0.15) is 5.41 Å². The Morgan fingerprint density at radius 1 is 1.10 bits per heavy atom. The van der Waals surface area contributed by atoms with E-state index in [2.05, 4.69) is 4.90 Å². The van der Waals surface area contributed by atoms with Crippen LogP contribution in [0, 0.1) is 5.41 Å². The fourth-order valence-corrected chi connectivity index (χ4v) is 5.10. The number of amides is 1. The molecule has 0 bridgehead atoms. The quantitative estimate of drug-likeness (QED) is 0.843. The van der Waals surface area contributed by atoms with Crippen LogP contribution in [0.25, 0.3) is 0 Å². The standard InChI is InChI=1S/C17H20N2O2/c18-15(21)16-8-5-9-17(16,19-10-3-4-11-19)13-7-2-1-6-12(13)14(16)20/h1-2,6-7H,3-5,8-11H2,(H2,18,21). The highest BCUT2D eigenvalue weighted by molar-refractivity contribution is 6.19. The highest BCUT2D eigenvalue weighted by Gasteiger charge is 2.70. The molecule has 21 heavy (non-hydrogen) atoms. The zero-order valence-corrected chi connectivity index (χ0v) is 12.1. The molecule has 1 heterocycles. The van der Waals surface area contributed by atoms with Crippen molar-refractivity contribution in [1.29, 1.82) is 0 Å². The van der Waals surface area contributed by atoms with Gasteiger partial charge in [-0.3, -0.25) is 14.5 Å². The summed E-state index contributed by atoms with van der Waals surface area (Å²) in [5, 5.41) is 0. The normalized spacial score (nSPS) is 35.0. The molecule has 0 aromatic heterocycles. The van der Waals surface area contributed by atoms with E-state index in [4.69, 9.17) is 5.73 Å². The van der Waals surface area contributed by atoms with Crippen molar-refractivity contribution >= 4 is 11.7 Å². The molecule has 2 fully saturated rings. The van der Waals surface area contributed by atoms with Gasteiger partial charge in [0.15, 0.2) is 5.78 Å². The van der Waals surface area contributed by atoms with Crippen molar-refractivity contribution in [2.45, 2.75) is 37.6 Å². The zero-order valence-electron chi connectivity index (χ0n) is 12.1. The van der Waals surface area contributed by atoms with Crippen molar-refractivity contribution in [3.05, 3.63) is 35.4 Å². The van der Waals surface area contributed by atoms with E-state index in [1.807, 2.05) is 24.3 Å². The zero-order chi connectivity index (χ0) is 14.7. The minimum absolute atomic E-state index is 0.0463. The van der Waals surface area contributed by atoms with E-state index in [1.54, 1.807) is 0 Å². The average molecular weight is 284 g/mol. The lowest BCUT2D eigenvalue weighted by Gasteiger charge is -2.45. The van der Waals surface area contributed by atoms with Gasteiger partial charge in [-0.05, 0) is 50.8 Å². The summed E-state index contributed by atoms with van der Waals surface area (Å²) in [5.41, 5.74) is 6.03. The number of benzene rings is 1. The number of nitrogens with zero attached hydrogens (tertiary/aromatic N) is 1. The molecule has 2 unspecified atom stereocenters. The summed E-state index contributed by atoms with van der Waals surface area (Å²) >= 11 is 0. The average Bonchev–Trinajstić information content (AvgIpc) is 3.16. The van der Waals surface area contributed by atoms with Crippen molar-refractivity contribution in [3.8, 4) is 0 Å². The summed E-state index contributed by atoms with van der Waals surface area (Å²) in [4.78, 5) is 27.9. The Morgan fingerprint density at radius 3 is 2.52 bits per heavy atom. The van der Waals surface area contributed by atoms with Gasteiger partial charge in [0.2, 0.25) is 5.91 Å². The molecule has 4 rings (SSSR count). The third kappa shape index (κ3) is 1.30. The molecule has 4 nitrogen and oxygen atoms in total. The second-order valence-corrected chi connectivity index (χ2v) is 6.55. The van der Waals surface area contributed by atoms with Crippen molar-refractivity contribution in [3.63, 3.8) is 0 Å². The molecule has 1 aliphatic heterocycles. The van der Waals surface area contributed by atoms with Crippen LogP contribution in [0.3, 0.4) is 0 Å². The SMILES string of the molecule is NC(=O)C12CCCC1(N1CCCC1)c1ccccc1C2=O. The number of Topliss-reactive ketones (excluding diaryl/α,β-unsaturated/α-hetero) is 1. The van der Waals surface area contributed by atoms with Gasteiger partial charge in [-0.15, -0.1) is 0 Å². The van der Waals surface area contributed by atoms with E-state index in [0.717, 1.165) is 44.3 Å². The minimum atomic E-state index is -1.04. The number of fused-ring (bicyclic) bond motifs is 3. The van der Waals surface area contributed by atoms with Gasteiger partial charge in [-0.25, -0.2) is 0 Å². The number of hydrogen-bond donors (Lipinski definition) is 1. The molecule has 1 aromatic carbocycles. The Bertz CT molecular complexity index is 635. The number of ketones is 1. The summed E-state index contributed by atoms with van der Waals surface area (Å²) in [6.45, 7) is 1.91. The monoisotopic (exact) mass is 284 g/mol. The molecule has 1 amide bonds. The summed E-state index contributed by atoms with van der Waals surface area (Å²) in [6.07, 6.45) is 4.60. The van der Waals surface area contributed by atoms with E-state index in [1.165, 1.54) is 0 Å². The molecule has 2 N–H and O–H groups in total. The summed E-state index contributed by atoms with van der Waals surface area (Å²) in [6, 6.07) is 7.74. The molecule has 1 saturated carbocycles. The van der Waals surface area contributed by atoms with Gasteiger partial charge >= 0.3 is 0 Å². The van der Waals surface area contributed by atoms with Crippen LogP contribution in [0.4, 0.5) is 0 Å². The van der Waals surface area contributed by atoms with Gasteiger partial charge in [0.05, 0.1) is 5.54 Å². The molecule has 110 valence electrons. The highest BCUT2D eigenvalue weighted by Crippen LogP contribution is 2.63. The van der Waals surface area contributed by atoms with E-state index in [9.17, 15) is 9.59 Å². The first-order valence-electron chi connectivity index (χ1n) is 7.84. The first-order chi connectivity index (χ1) is 10.1.